The van der Waals surface area contributed by atoms with E-state index < -0.39 is 11.8 Å². The van der Waals surface area contributed by atoms with Crippen LogP contribution in [0.4, 0.5) is 10.1 Å². The van der Waals surface area contributed by atoms with Crippen molar-refractivity contribution in [2.24, 2.45) is 0 Å². The Morgan fingerprint density at radius 1 is 1.17 bits per heavy atom. The van der Waals surface area contributed by atoms with Crippen molar-refractivity contribution in [3.63, 3.8) is 0 Å². The number of nitrogens with one attached hydrogen (secondary N) is 2. The molecule has 0 spiro atoms. The van der Waals surface area contributed by atoms with E-state index in [9.17, 15) is 9.18 Å². The van der Waals surface area contributed by atoms with Crippen LogP contribution in [0.5, 0.6) is 0 Å². The lowest BCUT2D eigenvalue weighted by atomic mass is 10.1. The molecule has 0 bridgehead atoms. The third-order valence-corrected chi connectivity index (χ3v) is 3.89. The van der Waals surface area contributed by atoms with Gasteiger partial charge in [0, 0.05) is 6.54 Å². The molecular weight excluding hydrogens is 307 g/mol. The van der Waals surface area contributed by atoms with Crippen LogP contribution in [-0.2, 0) is 4.74 Å². The van der Waals surface area contributed by atoms with Gasteiger partial charge in [0.05, 0.1) is 25.3 Å². The fraction of sp³-hybridized carbons (Fsp3) is 0.632. The molecule has 0 radical (unpaired) electrons. The Kier molecular flexibility index (Phi) is 10.1. The number of ether oxygens (including phenoxy) is 1. The minimum absolute atomic E-state index is 0.256. The lowest BCUT2D eigenvalue weighted by molar-refractivity contribution is -0.858. The number of carbonyl (C=O) groups excluding carboxylic acids is 1. The molecule has 0 aliphatic heterocycles. The molecule has 0 saturated carbocycles. The van der Waals surface area contributed by atoms with Gasteiger partial charge in [0.2, 0.25) is 0 Å². The number of anilines is 1. The number of halogens is 1. The maximum absolute atomic E-state index is 14.1. The van der Waals surface area contributed by atoms with Gasteiger partial charge in [-0.15, -0.1) is 0 Å². The van der Waals surface area contributed by atoms with Crippen LogP contribution in [0, 0.1) is 5.82 Å². The topological polar surface area (TPSA) is 42.8 Å². The summed E-state index contributed by atoms with van der Waals surface area (Å²) in [6.07, 6.45) is 7.23. The highest BCUT2D eigenvalue weighted by atomic mass is 19.1. The van der Waals surface area contributed by atoms with Crippen LogP contribution < -0.4 is 10.2 Å². The normalized spacial score (nSPS) is 10.9. The number of quaternary nitrogens is 1. The fourth-order valence-corrected chi connectivity index (χ4v) is 2.35. The van der Waals surface area contributed by atoms with E-state index in [-0.39, 0.29) is 5.56 Å². The summed E-state index contributed by atoms with van der Waals surface area (Å²) >= 11 is 0. The summed E-state index contributed by atoms with van der Waals surface area (Å²) in [5, 5.41) is 3.10. The van der Waals surface area contributed by atoms with Gasteiger partial charge in [-0.1, -0.05) is 39.0 Å². The zero-order valence-corrected chi connectivity index (χ0v) is 15.3. The van der Waals surface area contributed by atoms with Gasteiger partial charge in [0.25, 0.3) is 0 Å². The SMILES string of the molecule is CCCCCCCCNc1ccc(C(=O)OCC[NH+](C)C)cc1F. The van der Waals surface area contributed by atoms with Crippen LogP contribution in [0.15, 0.2) is 18.2 Å². The number of carbonyl (C=O) groups is 1. The first-order valence-corrected chi connectivity index (χ1v) is 9.04. The molecule has 5 heteroatoms. The van der Waals surface area contributed by atoms with E-state index >= 15 is 0 Å². The Morgan fingerprint density at radius 3 is 2.54 bits per heavy atom. The van der Waals surface area contributed by atoms with E-state index in [1.165, 1.54) is 36.6 Å². The lowest BCUT2D eigenvalue weighted by Crippen LogP contribution is -3.06. The van der Waals surface area contributed by atoms with Gasteiger partial charge in [-0.25, -0.2) is 9.18 Å². The molecule has 0 aromatic heterocycles. The maximum Gasteiger partial charge on any atom is 0.338 e. The van der Waals surface area contributed by atoms with Gasteiger partial charge in [0.1, 0.15) is 19.0 Å². The van der Waals surface area contributed by atoms with E-state index in [4.69, 9.17) is 4.74 Å². The zero-order valence-electron chi connectivity index (χ0n) is 15.3. The van der Waals surface area contributed by atoms with Crippen molar-refractivity contribution in [3.05, 3.63) is 29.6 Å². The first-order valence-electron chi connectivity index (χ1n) is 9.04. The number of likely N-dealkylation sites (N-methyl/N-ethyl adjacent to an activating group) is 1. The highest BCUT2D eigenvalue weighted by Crippen LogP contribution is 2.17. The van der Waals surface area contributed by atoms with Gasteiger partial charge in [-0.2, -0.15) is 0 Å². The molecular formula is C19H32FN2O2+. The summed E-state index contributed by atoms with van der Waals surface area (Å²) in [6, 6.07) is 4.46. The molecule has 24 heavy (non-hydrogen) atoms. The molecule has 1 aromatic rings. The average molecular weight is 339 g/mol. The van der Waals surface area contributed by atoms with E-state index in [1.807, 2.05) is 14.1 Å². The average Bonchev–Trinajstić information content (AvgIpc) is 2.54. The molecule has 1 rings (SSSR count). The molecule has 0 saturated heterocycles. The van der Waals surface area contributed by atoms with E-state index in [2.05, 4.69) is 12.2 Å². The third kappa shape index (κ3) is 8.29. The molecule has 4 nitrogen and oxygen atoms in total. The predicted octanol–water partition coefficient (Wildman–Crippen LogP) is 2.90. The Hall–Kier alpha value is -1.62. The first kappa shape index (κ1) is 20.4. The second-order valence-corrected chi connectivity index (χ2v) is 6.48. The van der Waals surface area contributed by atoms with Crippen LogP contribution in [0.2, 0.25) is 0 Å². The molecule has 2 N–H and O–H groups in total. The van der Waals surface area contributed by atoms with Gasteiger partial charge in [-0.3, -0.25) is 0 Å². The van der Waals surface area contributed by atoms with E-state index in [0.29, 0.717) is 12.3 Å². The third-order valence-electron chi connectivity index (χ3n) is 3.89. The standard InChI is InChI=1S/C19H31FN2O2/c1-4-5-6-7-8-9-12-21-18-11-10-16(15-17(18)20)19(23)24-14-13-22(2)3/h10-11,15,21H,4-9,12-14H2,1-3H3/p+1. The van der Waals surface area contributed by atoms with Gasteiger partial charge in [0.15, 0.2) is 0 Å². The number of rotatable bonds is 12. The molecule has 0 atom stereocenters. The molecule has 0 fully saturated rings. The van der Waals surface area contributed by atoms with Crippen molar-refractivity contribution in [2.75, 3.05) is 39.1 Å². The fourth-order valence-electron chi connectivity index (χ4n) is 2.35. The highest BCUT2D eigenvalue weighted by molar-refractivity contribution is 5.89. The molecule has 0 unspecified atom stereocenters. The quantitative estimate of drug-likeness (QED) is 0.454. The molecule has 0 heterocycles. The predicted molar refractivity (Wildman–Crippen MR) is 96.2 cm³/mol. The smallest absolute Gasteiger partial charge is 0.338 e. The molecule has 136 valence electrons. The number of hydrogen-bond donors (Lipinski definition) is 2. The van der Waals surface area contributed by atoms with Crippen LogP contribution in [0.1, 0.15) is 55.8 Å². The van der Waals surface area contributed by atoms with Crippen molar-refractivity contribution in [1.29, 1.82) is 0 Å². The highest BCUT2D eigenvalue weighted by Gasteiger charge is 2.11. The Morgan fingerprint density at radius 2 is 1.88 bits per heavy atom. The maximum atomic E-state index is 14.1. The van der Waals surface area contributed by atoms with Crippen molar-refractivity contribution >= 4 is 11.7 Å². The first-order chi connectivity index (χ1) is 11.5. The van der Waals surface area contributed by atoms with E-state index in [0.717, 1.165) is 25.9 Å². The molecule has 1 aromatic carbocycles. The summed E-state index contributed by atoms with van der Waals surface area (Å²) in [7, 11) is 3.97. The second-order valence-electron chi connectivity index (χ2n) is 6.48. The number of hydrogen-bond acceptors (Lipinski definition) is 3. The zero-order chi connectivity index (χ0) is 17.8. The Balaban J connectivity index is 2.34. The Bertz CT molecular complexity index is 492. The molecule has 0 aliphatic rings. The van der Waals surface area contributed by atoms with E-state index in [1.54, 1.807) is 12.1 Å². The minimum atomic E-state index is -0.474. The van der Waals surface area contributed by atoms with Crippen LogP contribution in [0.25, 0.3) is 0 Å². The van der Waals surface area contributed by atoms with Crippen LogP contribution >= 0.6 is 0 Å². The van der Waals surface area contributed by atoms with Crippen molar-refractivity contribution in [1.82, 2.24) is 0 Å². The van der Waals surface area contributed by atoms with Gasteiger partial charge < -0.3 is 15.0 Å². The van der Waals surface area contributed by atoms with Crippen molar-refractivity contribution in [3.8, 4) is 0 Å². The minimum Gasteiger partial charge on any atom is -0.456 e. The largest absolute Gasteiger partial charge is 0.456 e. The summed E-state index contributed by atoms with van der Waals surface area (Å²) in [5.41, 5.74) is 0.698. The Labute approximate surface area is 145 Å². The van der Waals surface area contributed by atoms with Crippen LogP contribution in [0.3, 0.4) is 0 Å². The molecule has 0 amide bonds. The van der Waals surface area contributed by atoms with Gasteiger partial charge in [-0.05, 0) is 24.6 Å². The monoisotopic (exact) mass is 339 g/mol. The summed E-state index contributed by atoms with van der Waals surface area (Å²) in [4.78, 5) is 13.1. The summed E-state index contributed by atoms with van der Waals surface area (Å²) < 4.78 is 19.2. The summed E-state index contributed by atoms with van der Waals surface area (Å²) in [5.74, 6) is -0.883. The number of esters is 1. The lowest BCUT2D eigenvalue weighted by Gasteiger charge is -2.10. The molecule has 0 aliphatic carbocycles. The number of benzene rings is 1. The van der Waals surface area contributed by atoms with Gasteiger partial charge >= 0.3 is 5.97 Å². The van der Waals surface area contributed by atoms with Crippen molar-refractivity contribution in [2.45, 2.75) is 45.4 Å². The second kappa shape index (κ2) is 11.8. The number of unbranched alkanes of at least 4 members (excludes halogenated alkanes) is 5. The van der Waals surface area contributed by atoms with Crippen LogP contribution in [-0.4, -0.2) is 39.8 Å². The van der Waals surface area contributed by atoms with Crippen molar-refractivity contribution < 1.29 is 18.8 Å². The summed E-state index contributed by atoms with van der Waals surface area (Å²) in [6.45, 7) is 4.01.